The number of nitrogens with two attached hydrogens (primary N) is 1. The largest absolute Gasteiger partial charge is 0.382 e. The maximum absolute atomic E-state index is 6.03. The quantitative estimate of drug-likeness (QED) is 0.836. The van der Waals surface area contributed by atoms with Gasteiger partial charge in [0.15, 0.2) is 0 Å². The fourth-order valence-corrected chi connectivity index (χ4v) is 1.59. The molecule has 0 saturated carbocycles. The van der Waals surface area contributed by atoms with Gasteiger partial charge in [-0.15, -0.1) is 0 Å². The van der Waals surface area contributed by atoms with Gasteiger partial charge >= 0.3 is 0 Å². The number of pyridine rings is 1. The van der Waals surface area contributed by atoms with Crippen molar-refractivity contribution in [1.82, 2.24) is 4.98 Å². The summed E-state index contributed by atoms with van der Waals surface area (Å²) in [5.74, 6) is 0.474. The first-order valence-corrected chi connectivity index (χ1v) is 5.29. The normalized spacial score (nSPS) is 10.1. The maximum atomic E-state index is 6.03. The molecule has 0 amide bonds. The van der Waals surface area contributed by atoms with Crippen LogP contribution < -0.4 is 11.1 Å². The van der Waals surface area contributed by atoms with Gasteiger partial charge in [0, 0.05) is 16.9 Å². The highest BCUT2D eigenvalue weighted by Gasteiger charge is 2.04. The lowest BCUT2D eigenvalue weighted by atomic mass is 10.2. The van der Waals surface area contributed by atoms with E-state index in [0.717, 1.165) is 22.0 Å². The zero-order valence-electron chi connectivity index (χ0n) is 8.87. The predicted octanol–water partition coefficient (Wildman–Crippen LogP) is 3.37. The zero-order chi connectivity index (χ0) is 11.5. The van der Waals surface area contributed by atoms with Gasteiger partial charge in [0.1, 0.15) is 5.82 Å². The molecule has 2 rings (SSSR count). The van der Waals surface area contributed by atoms with E-state index in [1.807, 2.05) is 37.3 Å². The third-order valence-corrected chi connectivity index (χ3v) is 2.79. The summed E-state index contributed by atoms with van der Waals surface area (Å²) < 4.78 is 0. The molecule has 0 fully saturated rings. The first-order valence-electron chi connectivity index (χ1n) is 4.91. The predicted molar refractivity (Wildman–Crippen MR) is 68.1 cm³/mol. The average molecular weight is 234 g/mol. The molecule has 4 heteroatoms. The fourth-order valence-electron chi connectivity index (χ4n) is 1.41. The Hall–Kier alpha value is -1.74. The van der Waals surface area contributed by atoms with Gasteiger partial charge in [-0.1, -0.05) is 17.7 Å². The Morgan fingerprint density at radius 1 is 1.19 bits per heavy atom. The number of rotatable bonds is 2. The van der Waals surface area contributed by atoms with Crippen LogP contribution in [0.1, 0.15) is 5.56 Å². The van der Waals surface area contributed by atoms with Gasteiger partial charge in [-0.25, -0.2) is 4.98 Å². The van der Waals surface area contributed by atoms with E-state index in [4.69, 9.17) is 17.3 Å². The number of aromatic nitrogens is 1. The molecule has 0 aliphatic carbocycles. The summed E-state index contributed by atoms with van der Waals surface area (Å²) in [7, 11) is 0. The molecule has 82 valence electrons. The van der Waals surface area contributed by atoms with Crippen LogP contribution in [0.4, 0.5) is 17.2 Å². The molecule has 0 saturated heterocycles. The van der Waals surface area contributed by atoms with Crippen molar-refractivity contribution in [3.8, 4) is 0 Å². The highest BCUT2D eigenvalue weighted by atomic mass is 35.5. The Morgan fingerprint density at radius 3 is 2.69 bits per heavy atom. The van der Waals surface area contributed by atoms with Crippen LogP contribution in [-0.4, -0.2) is 4.98 Å². The lowest BCUT2D eigenvalue weighted by Crippen LogP contribution is -1.99. The van der Waals surface area contributed by atoms with Crippen LogP contribution >= 0.6 is 11.6 Å². The van der Waals surface area contributed by atoms with Crippen LogP contribution in [0.15, 0.2) is 36.5 Å². The summed E-state index contributed by atoms with van der Waals surface area (Å²) >= 11 is 6.03. The first kappa shape index (κ1) is 10.8. The van der Waals surface area contributed by atoms with Crippen molar-refractivity contribution >= 4 is 28.8 Å². The van der Waals surface area contributed by atoms with Crippen molar-refractivity contribution < 1.29 is 0 Å². The van der Waals surface area contributed by atoms with Crippen LogP contribution in [0.25, 0.3) is 0 Å². The Labute approximate surface area is 99.3 Å². The van der Waals surface area contributed by atoms with E-state index in [-0.39, 0.29) is 0 Å². The number of hydrogen-bond donors (Lipinski definition) is 2. The third kappa shape index (κ3) is 2.09. The lowest BCUT2D eigenvalue weighted by molar-refractivity contribution is 1.32. The molecular weight excluding hydrogens is 222 g/mol. The van der Waals surface area contributed by atoms with Crippen molar-refractivity contribution in [1.29, 1.82) is 0 Å². The Balaban J connectivity index is 2.35. The molecule has 0 unspecified atom stereocenters. The Bertz CT molecular complexity index is 511. The van der Waals surface area contributed by atoms with Gasteiger partial charge in [0.05, 0.1) is 5.69 Å². The molecule has 16 heavy (non-hydrogen) atoms. The molecule has 3 nitrogen and oxygen atoms in total. The standard InChI is InChI=1S/C12H12ClN3/c1-8-9(13)4-2-5-10(8)16-11-6-3-7-15-12(11)14/h2-7,16H,1H3,(H2,14,15). The number of benzene rings is 1. The molecule has 3 N–H and O–H groups in total. The van der Waals surface area contributed by atoms with E-state index < -0.39 is 0 Å². The molecule has 0 bridgehead atoms. The van der Waals surface area contributed by atoms with Crippen molar-refractivity contribution in [3.05, 3.63) is 47.1 Å². The summed E-state index contributed by atoms with van der Waals surface area (Å²) in [6, 6.07) is 9.41. The topological polar surface area (TPSA) is 50.9 Å². The second-order valence-electron chi connectivity index (χ2n) is 3.47. The van der Waals surface area contributed by atoms with Crippen LogP contribution in [-0.2, 0) is 0 Å². The Morgan fingerprint density at radius 2 is 1.94 bits per heavy atom. The number of hydrogen-bond acceptors (Lipinski definition) is 3. The van der Waals surface area contributed by atoms with E-state index in [9.17, 15) is 0 Å². The van der Waals surface area contributed by atoms with Gasteiger partial charge in [-0.05, 0) is 36.8 Å². The molecule has 1 aromatic carbocycles. The highest BCUT2D eigenvalue weighted by molar-refractivity contribution is 6.31. The summed E-state index contributed by atoms with van der Waals surface area (Å²) in [5, 5.41) is 3.94. The van der Waals surface area contributed by atoms with E-state index in [1.165, 1.54) is 0 Å². The third-order valence-electron chi connectivity index (χ3n) is 2.38. The van der Waals surface area contributed by atoms with Crippen molar-refractivity contribution in [2.75, 3.05) is 11.1 Å². The van der Waals surface area contributed by atoms with E-state index in [2.05, 4.69) is 10.3 Å². The molecule has 0 spiro atoms. The van der Waals surface area contributed by atoms with E-state index >= 15 is 0 Å². The number of anilines is 3. The summed E-state index contributed by atoms with van der Waals surface area (Å²) in [5.41, 5.74) is 8.47. The average Bonchev–Trinajstić information content (AvgIpc) is 2.28. The zero-order valence-corrected chi connectivity index (χ0v) is 9.62. The minimum atomic E-state index is 0.474. The number of nitrogen functional groups attached to an aromatic ring is 1. The smallest absolute Gasteiger partial charge is 0.147 e. The maximum Gasteiger partial charge on any atom is 0.147 e. The SMILES string of the molecule is Cc1c(Cl)cccc1Nc1cccnc1N. The molecule has 0 aliphatic heterocycles. The Kier molecular flexibility index (Phi) is 2.97. The second kappa shape index (κ2) is 4.41. The van der Waals surface area contributed by atoms with Crippen LogP contribution in [0.5, 0.6) is 0 Å². The van der Waals surface area contributed by atoms with Gasteiger partial charge < -0.3 is 11.1 Å². The van der Waals surface area contributed by atoms with Gasteiger partial charge in [0.25, 0.3) is 0 Å². The van der Waals surface area contributed by atoms with Crippen LogP contribution in [0, 0.1) is 6.92 Å². The molecular formula is C12H12ClN3. The molecule has 0 radical (unpaired) electrons. The van der Waals surface area contributed by atoms with Crippen molar-refractivity contribution in [3.63, 3.8) is 0 Å². The van der Waals surface area contributed by atoms with E-state index in [1.54, 1.807) is 6.20 Å². The van der Waals surface area contributed by atoms with Crippen LogP contribution in [0.3, 0.4) is 0 Å². The van der Waals surface area contributed by atoms with Crippen molar-refractivity contribution in [2.45, 2.75) is 6.92 Å². The van der Waals surface area contributed by atoms with Gasteiger partial charge in [0.2, 0.25) is 0 Å². The summed E-state index contributed by atoms with van der Waals surface area (Å²) in [4.78, 5) is 4.01. The van der Waals surface area contributed by atoms with Crippen LogP contribution in [0.2, 0.25) is 5.02 Å². The minimum absolute atomic E-state index is 0.474. The number of nitrogens with one attached hydrogen (secondary N) is 1. The van der Waals surface area contributed by atoms with Gasteiger partial charge in [-0.3, -0.25) is 0 Å². The van der Waals surface area contributed by atoms with Crippen molar-refractivity contribution in [2.24, 2.45) is 0 Å². The minimum Gasteiger partial charge on any atom is -0.382 e. The monoisotopic (exact) mass is 233 g/mol. The summed E-state index contributed by atoms with van der Waals surface area (Å²) in [6.45, 7) is 1.96. The highest BCUT2D eigenvalue weighted by Crippen LogP contribution is 2.27. The molecule has 2 aromatic rings. The number of halogens is 1. The molecule has 1 aromatic heterocycles. The molecule has 1 heterocycles. The fraction of sp³-hybridized carbons (Fsp3) is 0.0833. The summed E-state index contributed by atoms with van der Waals surface area (Å²) in [6.07, 6.45) is 1.66. The number of nitrogens with zero attached hydrogens (tertiary/aromatic N) is 1. The lowest BCUT2D eigenvalue weighted by Gasteiger charge is -2.11. The first-order chi connectivity index (χ1) is 7.68. The second-order valence-corrected chi connectivity index (χ2v) is 3.88. The molecule has 0 atom stereocenters. The van der Waals surface area contributed by atoms with E-state index in [0.29, 0.717) is 5.82 Å². The van der Waals surface area contributed by atoms with Gasteiger partial charge in [-0.2, -0.15) is 0 Å². The molecule has 0 aliphatic rings.